The predicted octanol–water partition coefficient (Wildman–Crippen LogP) is 2.83. The second kappa shape index (κ2) is 11.2. The number of methoxy groups -OCH3 is 1. The molecular formula is C26H31ClN8O3. The smallest absolute Gasteiger partial charge is 0.260 e. The highest BCUT2D eigenvalue weighted by molar-refractivity contribution is 6.41. The van der Waals surface area contributed by atoms with E-state index in [1.54, 1.807) is 31.6 Å². The fourth-order valence-electron chi connectivity index (χ4n) is 4.36. The maximum Gasteiger partial charge on any atom is 0.260 e. The number of nitrogens with one attached hydrogen (secondary N) is 2. The number of anilines is 2. The lowest BCUT2D eigenvalue weighted by atomic mass is 10.1. The number of hydrogen-bond acceptors (Lipinski definition) is 8. The minimum Gasteiger partial charge on any atom is -0.496 e. The van der Waals surface area contributed by atoms with E-state index in [4.69, 9.17) is 22.1 Å². The zero-order chi connectivity index (χ0) is 27.6. The van der Waals surface area contributed by atoms with E-state index in [-0.39, 0.29) is 35.0 Å². The van der Waals surface area contributed by atoms with Gasteiger partial charge >= 0.3 is 0 Å². The summed E-state index contributed by atoms with van der Waals surface area (Å²) < 4.78 is 5.52. The molecule has 0 radical (unpaired) electrons. The fourth-order valence-corrected chi connectivity index (χ4v) is 4.63. The first-order chi connectivity index (χ1) is 18.1. The predicted molar refractivity (Wildman–Crippen MR) is 147 cm³/mol. The summed E-state index contributed by atoms with van der Waals surface area (Å²) >= 11 is 6.45. The average Bonchev–Trinajstić information content (AvgIpc) is 3.42. The van der Waals surface area contributed by atoms with Crippen molar-refractivity contribution >= 4 is 46.8 Å². The van der Waals surface area contributed by atoms with Crippen molar-refractivity contribution in [1.29, 1.82) is 0 Å². The number of pyridine rings is 1. The number of ether oxygens (including phenoxy) is 1. The summed E-state index contributed by atoms with van der Waals surface area (Å²) in [5.41, 5.74) is 9.89. The van der Waals surface area contributed by atoms with Gasteiger partial charge in [-0.05, 0) is 53.1 Å². The first-order valence-corrected chi connectivity index (χ1v) is 12.5. The molecule has 4 rings (SSSR count). The summed E-state index contributed by atoms with van der Waals surface area (Å²) in [6.07, 6.45) is 5.76. The van der Waals surface area contributed by atoms with Gasteiger partial charge in [-0.2, -0.15) is 4.98 Å². The van der Waals surface area contributed by atoms with Crippen LogP contribution in [0.25, 0.3) is 11.6 Å². The number of rotatable bonds is 9. The molecular weight excluding hydrogens is 508 g/mol. The SMILES string of the molecule is COc1c(C)cnc(CN2C(=O)/C(=C/c3cc(C(=O)NCCCN(C)C)c[nH]3)c3c(Cl)nc(N)nc32)c1C. The Kier molecular flexibility index (Phi) is 7.98. The molecule has 2 amide bonds. The Hall–Kier alpha value is -3.96. The summed E-state index contributed by atoms with van der Waals surface area (Å²) in [5, 5.41) is 2.96. The topological polar surface area (TPSA) is 142 Å². The van der Waals surface area contributed by atoms with Gasteiger partial charge in [-0.25, -0.2) is 4.98 Å². The monoisotopic (exact) mass is 538 g/mol. The number of aromatic amines is 1. The number of amides is 2. The van der Waals surface area contributed by atoms with Gasteiger partial charge < -0.3 is 25.7 Å². The normalized spacial score (nSPS) is 13.9. The Labute approximate surface area is 226 Å². The van der Waals surface area contributed by atoms with Crippen molar-refractivity contribution in [3.63, 3.8) is 0 Å². The van der Waals surface area contributed by atoms with E-state index < -0.39 is 0 Å². The van der Waals surface area contributed by atoms with Gasteiger partial charge in [0.05, 0.1) is 36.0 Å². The Morgan fingerprint density at radius 3 is 2.79 bits per heavy atom. The second-order valence-electron chi connectivity index (χ2n) is 9.32. The van der Waals surface area contributed by atoms with Gasteiger partial charge in [0.2, 0.25) is 5.95 Å². The van der Waals surface area contributed by atoms with Crippen molar-refractivity contribution in [2.75, 3.05) is 44.9 Å². The minimum absolute atomic E-state index is 0.0490. The highest BCUT2D eigenvalue weighted by Crippen LogP contribution is 2.41. The van der Waals surface area contributed by atoms with Gasteiger partial charge in [0.15, 0.2) is 5.82 Å². The zero-order valence-electron chi connectivity index (χ0n) is 22.1. The van der Waals surface area contributed by atoms with Crippen LogP contribution in [0.15, 0.2) is 18.5 Å². The van der Waals surface area contributed by atoms with Crippen LogP contribution >= 0.6 is 11.6 Å². The first-order valence-electron chi connectivity index (χ1n) is 12.1. The third-order valence-electron chi connectivity index (χ3n) is 6.26. The third kappa shape index (κ3) is 5.48. The van der Waals surface area contributed by atoms with E-state index in [0.717, 1.165) is 24.1 Å². The van der Waals surface area contributed by atoms with Crippen LogP contribution in [-0.4, -0.2) is 70.9 Å². The summed E-state index contributed by atoms with van der Waals surface area (Å²) in [4.78, 5) is 45.7. The molecule has 0 bridgehead atoms. The minimum atomic E-state index is -0.341. The Balaban J connectivity index is 1.63. The van der Waals surface area contributed by atoms with Gasteiger partial charge in [0.1, 0.15) is 10.9 Å². The number of carbonyl (C=O) groups is 2. The molecule has 4 N–H and O–H groups in total. The number of nitrogen functional groups attached to an aromatic ring is 1. The standard InChI is InChI=1S/C26H31ClN8O3/c1-14-11-31-19(15(2)21(14)38-5)13-35-23-20(22(27)32-26(28)33-23)18(25(35)37)10-17-9-16(12-30-17)24(36)29-7-6-8-34(3)4/h9-12,30H,6-8,13H2,1-5H3,(H,29,36)(H2,28,32,33)/b18-10+. The van der Waals surface area contributed by atoms with Crippen molar-refractivity contribution in [3.05, 3.63) is 57.3 Å². The molecule has 0 fully saturated rings. The number of H-pyrrole nitrogens is 1. The largest absolute Gasteiger partial charge is 0.496 e. The maximum atomic E-state index is 13.7. The number of aromatic nitrogens is 4. The molecule has 200 valence electrons. The molecule has 1 aliphatic rings. The number of halogens is 1. The number of nitrogens with two attached hydrogens (primary N) is 1. The van der Waals surface area contributed by atoms with Crippen molar-refractivity contribution in [1.82, 2.24) is 30.2 Å². The van der Waals surface area contributed by atoms with Crippen LogP contribution in [0.1, 0.15) is 44.9 Å². The Bertz CT molecular complexity index is 1420. The highest BCUT2D eigenvalue weighted by Gasteiger charge is 2.37. The van der Waals surface area contributed by atoms with E-state index in [0.29, 0.717) is 40.6 Å². The Morgan fingerprint density at radius 1 is 1.32 bits per heavy atom. The van der Waals surface area contributed by atoms with Crippen molar-refractivity contribution < 1.29 is 14.3 Å². The van der Waals surface area contributed by atoms with Gasteiger partial charge in [0, 0.05) is 35.8 Å². The molecule has 1 aliphatic heterocycles. The Morgan fingerprint density at radius 2 is 2.08 bits per heavy atom. The van der Waals surface area contributed by atoms with Crippen LogP contribution in [0.4, 0.5) is 11.8 Å². The number of aryl methyl sites for hydroxylation is 1. The van der Waals surface area contributed by atoms with Gasteiger partial charge in [-0.15, -0.1) is 0 Å². The summed E-state index contributed by atoms with van der Waals surface area (Å²) in [7, 11) is 5.56. The van der Waals surface area contributed by atoms with E-state index in [2.05, 4.69) is 30.2 Å². The zero-order valence-corrected chi connectivity index (χ0v) is 22.8. The molecule has 38 heavy (non-hydrogen) atoms. The number of nitrogens with zero attached hydrogens (tertiary/aromatic N) is 5. The molecule has 4 heterocycles. The lowest BCUT2D eigenvalue weighted by molar-refractivity contribution is -0.113. The first kappa shape index (κ1) is 27.1. The average molecular weight is 539 g/mol. The molecule has 0 atom stereocenters. The van der Waals surface area contributed by atoms with Crippen LogP contribution < -0.4 is 20.7 Å². The molecule has 0 spiro atoms. The highest BCUT2D eigenvalue weighted by atomic mass is 35.5. The molecule has 0 aliphatic carbocycles. The second-order valence-corrected chi connectivity index (χ2v) is 9.68. The molecule has 0 unspecified atom stereocenters. The van der Waals surface area contributed by atoms with Crippen molar-refractivity contribution in [2.45, 2.75) is 26.8 Å². The fraction of sp³-hybridized carbons (Fsp3) is 0.346. The van der Waals surface area contributed by atoms with Crippen LogP contribution in [0.3, 0.4) is 0 Å². The third-order valence-corrected chi connectivity index (χ3v) is 6.53. The van der Waals surface area contributed by atoms with E-state index in [1.165, 1.54) is 4.90 Å². The molecule has 0 saturated carbocycles. The molecule has 11 nitrogen and oxygen atoms in total. The number of hydrogen-bond donors (Lipinski definition) is 3. The van der Waals surface area contributed by atoms with E-state index in [9.17, 15) is 9.59 Å². The lowest BCUT2D eigenvalue weighted by Gasteiger charge is -2.19. The van der Waals surface area contributed by atoms with Crippen molar-refractivity contribution in [3.8, 4) is 5.75 Å². The quantitative estimate of drug-likeness (QED) is 0.214. The van der Waals surface area contributed by atoms with E-state index in [1.807, 2.05) is 27.9 Å². The van der Waals surface area contributed by atoms with Crippen LogP contribution in [0.2, 0.25) is 5.15 Å². The molecule has 3 aromatic heterocycles. The van der Waals surface area contributed by atoms with Gasteiger partial charge in [-0.3, -0.25) is 19.5 Å². The number of carbonyl (C=O) groups excluding carboxylic acids is 2. The lowest BCUT2D eigenvalue weighted by Crippen LogP contribution is -2.27. The summed E-state index contributed by atoms with van der Waals surface area (Å²) in [6, 6.07) is 1.67. The molecule has 3 aromatic rings. The van der Waals surface area contributed by atoms with Gasteiger partial charge in [0.25, 0.3) is 11.8 Å². The summed E-state index contributed by atoms with van der Waals surface area (Å²) in [5.74, 6) is 0.411. The molecule has 0 aromatic carbocycles. The van der Waals surface area contributed by atoms with Crippen LogP contribution in [-0.2, 0) is 11.3 Å². The molecule has 12 heteroatoms. The van der Waals surface area contributed by atoms with E-state index >= 15 is 0 Å². The van der Waals surface area contributed by atoms with Crippen LogP contribution in [0.5, 0.6) is 5.75 Å². The van der Waals surface area contributed by atoms with Crippen molar-refractivity contribution in [2.24, 2.45) is 0 Å². The maximum absolute atomic E-state index is 13.7. The molecule has 0 saturated heterocycles. The van der Waals surface area contributed by atoms with Gasteiger partial charge in [-0.1, -0.05) is 11.6 Å². The number of fused-ring (bicyclic) bond motifs is 1. The van der Waals surface area contributed by atoms with Crippen LogP contribution in [0, 0.1) is 13.8 Å². The summed E-state index contributed by atoms with van der Waals surface area (Å²) in [6.45, 7) is 5.36.